The van der Waals surface area contributed by atoms with Gasteiger partial charge in [0.15, 0.2) is 0 Å². The molecule has 25 heavy (non-hydrogen) atoms. The van der Waals surface area contributed by atoms with Crippen molar-refractivity contribution >= 4 is 40.9 Å². The summed E-state index contributed by atoms with van der Waals surface area (Å²) in [5, 5.41) is 3.10. The highest BCUT2D eigenvalue weighted by molar-refractivity contribution is 6.40. The van der Waals surface area contributed by atoms with E-state index in [-0.39, 0.29) is 33.7 Å². The van der Waals surface area contributed by atoms with Gasteiger partial charge in [0.05, 0.1) is 22.9 Å². The van der Waals surface area contributed by atoms with Crippen LogP contribution in [0, 0.1) is 0 Å². The Hall–Kier alpha value is -1.60. The number of nitrogens with one attached hydrogen (secondary N) is 1. The van der Waals surface area contributed by atoms with Gasteiger partial charge in [0.25, 0.3) is 0 Å². The summed E-state index contributed by atoms with van der Waals surface area (Å²) in [6.07, 6.45) is -5.45. The third kappa shape index (κ3) is 4.15. The molecule has 1 unspecified atom stereocenters. The molecule has 1 aromatic rings. The summed E-state index contributed by atoms with van der Waals surface area (Å²) in [4.78, 5) is 11.9. The molecule has 0 amide bonds. The van der Waals surface area contributed by atoms with Gasteiger partial charge in [-0.3, -0.25) is 0 Å². The van der Waals surface area contributed by atoms with Crippen molar-refractivity contribution < 1.29 is 27.4 Å². The number of hydrogen-bond acceptors (Lipinski definition) is 4. The highest BCUT2D eigenvalue weighted by atomic mass is 35.5. The molecule has 9 heteroatoms. The summed E-state index contributed by atoms with van der Waals surface area (Å²) in [6, 6.07) is 1.40. The van der Waals surface area contributed by atoms with Crippen LogP contribution in [0.2, 0.25) is 10.0 Å². The summed E-state index contributed by atoms with van der Waals surface area (Å²) in [7, 11) is 0. The van der Waals surface area contributed by atoms with Gasteiger partial charge in [-0.2, -0.15) is 13.2 Å². The fraction of sp³-hybridized carbons (Fsp3) is 0.438. The zero-order valence-electron chi connectivity index (χ0n) is 13.5. The Morgan fingerprint density at radius 2 is 2.04 bits per heavy atom. The molecule has 4 nitrogen and oxygen atoms in total. The maximum Gasteiger partial charge on any atom is 0.430 e. The monoisotopic (exact) mass is 397 g/mol. The van der Waals surface area contributed by atoms with E-state index in [2.05, 4.69) is 5.32 Å². The summed E-state index contributed by atoms with van der Waals surface area (Å²) >= 11 is 12.3. The predicted molar refractivity (Wildman–Crippen MR) is 90.3 cm³/mol. The number of anilines is 1. The lowest BCUT2D eigenvalue weighted by Crippen LogP contribution is -2.41. The van der Waals surface area contributed by atoms with Crippen LogP contribution in [0.15, 0.2) is 11.6 Å². The SMILES string of the molecule is CCCNc1c(Cl)cc2c(c1Cl)OC(C(F)(F)F)C(C(=O)OCC)=C2. The van der Waals surface area contributed by atoms with Gasteiger partial charge >= 0.3 is 12.1 Å². The summed E-state index contributed by atoms with van der Waals surface area (Å²) in [5.41, 5.74) is -0.179. The van der Waals surface area contributed by atoms with Crippen LogP contribution < -0.4 is 10.1 Å². The number of hydrogen-bond donors (Lipinski definition) is 1. The Kier molecular flexibility index (Phi) is 6.11. The first-order chi connectivity index (χ1) is 11.7. The minimum atomic E-state index is -4.81. The molecular formula is C16H16Cl2F3NO3. The smallest absolute Gasteiger partial charge is 0.430 e. The molecule has 0 radical (unpaired) electrons. The van der Waals surface area contributed by atoms with E-state index in [0.717, 1.165) is 12.5 Å². The lowest BCUT2D eigenvalue weighted by atomic mass is 10.0. The highest BCUT2D eigenvalue weighted by Gasteiger charge is 2.49. The minimum absolute atomic E-state index is 0.0605. The van der Waals surface area contributed by atoms with Crippen LogP contribution in [0.25, 0.3) is 6.08 Å². The van der Waals surface area contributed by atoms with Crippen LogP contribution in [0.3, 0.4) is 0 Å². The summed E-state index contributed by atoms with van der Waals surface area (Å²) < 4.78 is 49.8. The van der Waals surface area contributed by atoms with E-state index in [1.807, 2.05) is 6.92 Å². The first kappa shape index (κ1) is 19.7. The number of esters is 1. The summed E-state index contributed by atoms with van der Waals surface area (Å²) in [6.45, 7) is 3.88. The molecule has 0 spiro atoms. The predicted octanol–water partition coefficient (Wildman–Crippen LogP) is 5.09. The van der Waals surface area contributed by atoms with Crippen molar-refractivity contribution in [1.82, 2.24) is 0 Å². The number of halogens is 5. The lowest BCUT2D eigenvalue weighted by Gasteiger charge is -2.29. The van der Waals surface area contributed by atoms with Gasteiger partial charge in [0.1, 0.15) is 10.8 Å². The van der Waals surface area contributed by atoms with Crippen LogP contribution in [-0.4, -0.2) is 31.4 Å². The molecule has 1 aromatic carbocycles. The first-order valence-corrected chi connectivity index (χ1v) is 8.34. The van der Waals surface area contributed by atoms with E-state index in [0.29, 0.717) is 6.54 Å². The van der Waals surface area contributed by atoms with Crippen molar-refractivity contribution in [2.24, 2.45) is 0 Å². The fourth-order valence-electron chi connectivity index (χ4n) is 2.31. The number of carbonyl (C=O) groups is 1. The number of benzene rings is 1. The van der Waals surface area contributed by atoms with E-state index in [4.69, 9.17) is 32.7 Å². The maximum absolute atomic E-state index is 13.3. The van der Waals surface area contributed by atoms with Crippen LogP contribution in [0.5, 0.6) is 5.75 Å². The minimum Gasteiger partial charge on any atom is -0.474 e. The second kappa shape index (κ2) is 7.74. The molecule has 1 N–H and O–H groups in total. The molecule has 0 bridgehead atoms. The third-order valence-electron chi connectivity index (χ3n) is 3.39. The van der Waals surface area contributed by atoms with Gasteiger partial charge < -0.3 is 14.8 Å². The largest absolute Gasteiger partial charge is 0.474 e. The van der Waals surface area contributed by atoms with Gasteiger partial charge in [0.2, 0.25) is 6.10 Å². The Labute approximate surface area is 152 Å². The quantitative estimate of drug-likeness (QED) is 0.703. The molecule has 1 aliphatic heterocycles. The van der Waals surface area contributed by atoms with Gasteiger partial charge in [-0.15, -0.1) is 0 Å². The standard InChI is InChI=1S/C16H16Cl2F3NO3/c1-3-5-22-12-10(17)7-8-6-9(15(23)24-4-2)14(16(19,20)21)25-13(8)11(12)18/h6-7,14,22H,3-5H2,1-2H3. The Balaban J connectivity index is 2.55. The van der Waals surface area contributed by atoms with Gasteiger partial charge in [-0.25, -0.2) is 4.79 Å². The van der Waals surface area contributed by atoms with Crippen molar-refractivity contribution in [2.75, 3.05) is 18.5 Å². The van der Waals surface area contributed by atoms with E-state index in [9.17, 15) is 18.0 Å². The zero-order valence-corrected chi connectivity index (χ0v) is 15.0. The first-order valence-electron chi connectivity index (χ1n) is 7.58. The molecule has 138 valence electrons. The topological polar surface area (TPSA) is 47.6 Å². The molecule has 1 atom stereocenters. The number of alkyl halides is 3. The Morgan fingerprint density at radius 1 is 1.36 bits per heavy atom. The Morgan fingerprint density at radius 3 is 2.60 bits per heavy atom. The van der Waals surface area contributed by atoms with E-state index in [1.54, 1.807) is 0 Å². The second-order valence-corrected chi connectivity index (χ2v) is 6.04. The van der Waals surface area contributed by atoms with Crippen molar-refractivity contribution in [3.05, 3.63) is 27.2 Å². The maximum atomic E-state index is 13.3. The molecule has 0 saturated carbocycles. The molecule has 2 rings (SSSR count). The number of ether oxygens (including phenoxy) is 2. The van der Waals surface area contributed by atoms with Crippen molar-refractivity contribution in [2.45, 2.75) is 32.5 Å². The van der Waals surface area contributed by atoms with E-state index in [1.165, 1.54) is 13.0 Å². The molecule has 0 saturated heterocycles. The molecule has 0 aromatic heterocycles. The van der Waals surface area contributed by atoms with Crippen molar-refractivity contribution in [1.29, 1.82) is 0 Å². The zero-order chi connectivity index (χ0) is 18.8. The van der Waals surface area contributed by atoms with Gasteiger partial charge in [0, 0.05) is 12.1 Å². The average molecular weight is 398 g/mol. The van der Waals surface area contributed by atoms with Crippen LogP contribution in [0.4, 0.5) is 18.9 Å². The van der Waals surface area contributed by atoms with Crippen LogP contribution in [-0.2, 0) is 9.53 Å². The van der Waals surface area contributed by atoms with Crippen LogP contribution in [0.1, 0.15) is 25.8 Å². The van der Waals surface area contributed by atoms with Gasteiger partial charge in [-0.1, -0.05) is 30.1 Å². The highest BCUT2D eigenvalue weighted by Crippen LogP contribution is 2.46. The van der Waals surface area contributed by atoms with E-state index < -0.39 is 23.8 Å². The number of rotatable bonds is 5. The molecule has 1 heterocycles. The van der Waals surface area contributed by atoms with Crippen molar-refractivity contribution in [3.8, 4) is 5.75 Å². The molecule has 1 aliphatic rings. The average Bonchev–Trinajstić information content (AvgIpc) is 2.53. The van der Waals surface area contributed by atoms with Gasteiger partial charge in [-0.05, 0) is 25.5 Å². The normalized spacial score (nSPS) is 16.6. The van der Waals surface area contributed by atoms with E-state index >= 15 is 0 Å². The summed E-state index contributed by atoms with van der Waals surface area (Å²) in [5.74, 6) is -1.28. The fourth-order valence-corrected chi connectivity index (χ4v) is 2.96. The third-order valence-corrected chi connectivity index (χ3v) is 4.05. The second-order valence-electron chi connectivity index (χ2n) is 5.25. The molecule has 0 aliphatic carbocycles. The van der Waals surface area contributed by atoms with Crippen LogP contribution >= 0.6 is 23.2 Å². The molecular weight excluding hydrogens is 382 g/mol. The number of carbonyl (C=O) groups excluding carboxylic acids is 1. The lowest BCUT2D eigenvalue weighted by molar-refractivity contribution is -0.187. The van der Waals surface area contributed by atoms with Crippen molar-refractivity contribution in [3.63, 3.8) is 0 Å². The number of fused-ring (bicyclic) bond motifs is 1. The molecule has 0 fully saturated rings. The Bertz CT molecular complexity index is 705.